The maximum atomic E-state index is 12.3. The summed E-state index contributed by atoms with van der Waals surface area (Å²) in [5.74, 6) is -0.220. The highest BCUT2D eigenvalue weighted by molar-refractivity contribution is 5.94. The van der Waals surface area contributed by atoms with Crippen molar-refractivity contribution in [2.24, 2.45) is 5.73 Å². The third-order valence-electron chi connectivity index (χ3n) is 3.34. The predicted octanol–water partition coefficient (Wildman–Crippen LogP) is 1.28. The first-order valence-electron chi connectivity index (χ1n) is 7.19. The second-order valence-corrected chi connectivity index (χ2v) is 4.95. The van der Waals surface area contributed by atoms with E-state index in [1.807, 2.05) is 6.92 Å². The molecule has 1 aromatic carbocycles. The highest BCUT2D eigenvalue weighted by Crippen LogP contribution is 2.18. The van der Waals surface area contributed by atoms with E-state index in [2.05, 4.69) is 15.6 Å². The minimum Gasteiger partial charge on any atom is -0.494 e. The molecule has 0 fully saturated rings. The fourth-order valence-electron chi connectivity index (χ4n) is 2.10. The average Bonchev–Trinajstić information content (AvgIpc) is 2.90. The van der Waals surface area contributed by atoms with Crippen LogP contribution < -0.4 is 15.8 Å². The van der Waals surface area contributed by atoms with Crippen molar-refractivity contribution in [3.05, 3.63) is 35.7 Å². The molecule has 2 rings (SSSR count). The Morgan fingerprint density at radius 1 is 1.35 bits per heavy atom. The molecular formula is C15H19N5O3. The second kappa shape index (κ2) is 6.91. The first-order valence-corrected chi connectivity index (χ1v) is 7.19. The van der Waals surface area contributed by atoms with Crippen molar-refractivity contribution < 1.29 is 14.3 Å². The van der Waals surface area contributed by atoms with E-state index in [1.54, 1.807) is 38.1 Å². The number of anilines is 1. The SMILES string of the molecule is CCOc1ccc(NC(=O)C(C)n2nnc(C(N)=O)c2C)cc1. The van der Waals surface area contributed by atoms with Gasteiger partial charge in [-0.3, -0.25) is 9.59 Å². The van der Waals surface area contributed by atoms with Crippen molar-refractivity contribution >= 4 is 17.5 Å². The molecule has 0 radical (unpaired) electrons. The number of hydrogen-bond acceptors (Lipinski definition) is 5. The zero-order chi connectivity index (χ0) is 17.0. The highest BCUT2D eigenvalue weighted by Gasteiger charge is 2.22. The highest BCUT2D eigenvalue weighted by atomic mass is 16.5. The fourth-order valence-corrected chi connectivity index (χ4v) is 2.10. The summed E-state index contributed by atoms with van der Waals surface area (Å²) >= 11 is 0. The molecule has 1 atom stereocenters. The van der Waals surface area contributed by atoms with Crippen LogP contribution in [0.5, 0.6) is 5.75 Å². The third-order valence-corrected chi connectivity index (χ3v) is 3.34. The molecule has 0 aliphatic carbocycles. The number of carbonyl (C=O) groups is 2. The van der Waals surface area contributed by atoms with Crippen molar-refractivity contribution in [1.82, 2.24) is 15.0 Å². The van der Waals surface area contributed by atoms with Crippen LogP contribution in [-0.2, 0) is 4.79 Å². The van der Waals surface area contributed by atoms with Crippen molar-refractivity contribution in [3.63, 3.8) is 0 Å². The van der Waals surface area contributed by atoms with Gasteiger partial charge in [-0.05, 0) is 45.0 Å². The Morgan fingerprint density at radius 3 is 2.52 bits per heavy atom. The Balaban J connectivity index is 2.09. The molecule has 23 heavy (non-hydrogen) atoms. The zero-order valence-electron chi connectivity index (χ0n) is 13.2. The van der Waals surface area contributed by atoms with Crippen LogP contribution in [0.1, 0.15) is 36.1 Å². The lowest BCUT2D eigenvalue weighted by atomic mass is 10.2. The molecule has 3 N–H and O–H groups in total. The Kier molecular flexibility index (Phi) is 4.95. The molecule has 0 aliphatic heterocycles. The molecule has 0 spiro atoms. The van der Waals surface area contributed by atoms with Gasteiger partial charge in [-0.25, -0.2) is 4.68 Å². The molecule has 0 saturated carbocycles. The molecular weight excluding hydrogens is 298 g/mol. The summed E-state index contributed by atoms with van der Waals surface area (Å²) in [6.07, 6.45) is 0. The predicted molar refractivity (Wildman–Crippen MR) is 84.2 cm³/mol. The number of aromatic nitrogens is 3. The summed E-state index contributed by atoms with van der Waals surface area (Å²) in [5.41, 5.74) is 6.35. The van der Waals surface area contributed by atoms with Gasteiger partial charge in [0.2, 0.25) is 5.91 Å². The summed E-state index contributed by atoms with van der Waals surface area (Å²) in [4.78, 5) is 23.5. The normalized spacial score (nSPS) is 11.8. The molecule has 2 aromatic rings. The quantitative estimate of drug-likeness (QED) is 0.833. The molecule has 0 saturated heterocycles. The van der Waals surface area contributed by atoms with Crippen LogP contribution in [0.3, 0.4) is 0 Å². The average molecular weight is 317 g/mol. The van der Waals surface area contributed by atoms with E-state index in [0.29, 0.717) is 18.0 Å². The van der Waals surface area contributed by atoms with Crippen LogP contribution in [-0.4, -0.2) is 33.4 Å². The summed E-state index contributed by atoms with van der Waals surface area (Å²) in [5, 5.41) is 10.3. The molecule has 0 bridgehead atoms. The van der Waals surface area contributed by atoms with Gasteiger partial charge in [-0.15, -0.1) is 5.10 Å². The molecule has 0 aliphatic rings. The van der Waals surface area contributed by atoms with Crippen molar-refractivity contribution in [3.8, 4) is 5.75 Å². The molecule has 1 heterocycles. The van der Waals surface area contributed by atoms with Gasteiger partial charge in [0.05, 0.1) is 12.3 Å². The van der Waals surface area contributed by atoms with Crippen LogP contribution in [0.15, 0.2) is 24.3 Å². The van der Waals surface area contributed by atoms with Crippen LogP contribution in [0, 0.1) is 6.92 Å². The van der Waals surface area contributed by atoms with Gasteiger partial charge in [0, 0.05) is 5.69 Å². The minimum atomic E-state index is -0.673. The van der Waals surface area contributed by atoms with Gasteiger partial charge in [-0.2, -0.15) is 0 Å². The monoisotopic (exact) mass is 317 g/mol. The summed E-state index contributed by atoms with van der Waals surface area (Å²) < 4.78 is 6.71. The van der Waals surface area contributed by atoms with Crippen LogP contribution in [0.4, 0.5) is 5.69 Å². The largest absolute Gasteiger partial charge is 0.494 e. The second-order valence-electron chi connectivity index (χ2n) is 4.95. The van der Waals surface area contributed by atoms with Gasteiger partial charge in [0.1, 0.15) is 11.8 Å². The number of ether oxygens (including phenoxy) is 1. The molecule has 1 unspecified atom stereocenters. The van der Waals surface area contributed by atoms with Crippen molar-refractivity contribution in [1.29, 1.82) is 0 Å². The first-order chi connectivity index (χ1) is 10.9. The number of rotatable bonds is 6. The topological polar surface area (TPSA) is 112 Å². The standard InChI is InChI=1S/C15H19N5O3/c1-4-23-12-7-5-11(6-8-12)17-15(22)10(3)20-9(2)13(14(16)21)18-19-20/h5-8,10H,4H2,1-3H3,(H2,16,21)(H,17,22). The Hall–Kier alpha value is -2.90. The van der Waals surface area contributed by atoms with Crippen LogP contribution in [0.2, 0.25) is 0 Å². The number of nitrogens with zero attached hydrogens (tertiary/aromatic N) is 3. The maximum Gasteiger partial charge on any atom is 0.271 e. The van der Waals surface area contributed by atoms with E-state index in [9.17, 15) is 9.59 Å². The number of benzene rings is 1. The summed E-state index contributed by atoms with van der Waals surface area (Å²) in [7, 11) is 0. The van der Waals surface area contributed by atoms with Gasteiger partial charge in [0.15, 0.2) is 5.69 Å². The fraction of sp³-hybridized carbons (Fsp3) is 0.333. The number of amides is 2. The van der Waals surface area contributed by atoms with Gasteiger partial charge in [-0.1, -0.05) is 5.21 Å². The molecule has 8 nitrogen and oxygen atoms in total. The van der Waals surface area contributed by atoms with E-state index in [0.717, 1.165) is 5.75 Å². The lowest BCUT2D eigenvalue weighted by molar-refractivity contribution is -0.119. The number of hydrogen-bond donors (Lipinski definition) is 2. The molecule has 122 valence electrons. The smallest absolute Gasteiger partial charge is 0.271 e. The third kappa shape index (κ3) is 3.65. The molecule has 2 amide bonds. The Bertz CT molecular complexity index is 708. The Morgan fingerprint density at radius 2 is 2.00 bits per heavy atom. The lowest BCUT2D eigenvalue weighted by Gasteiger charge is -2.14. The maximum absolute atomic E-state index is 12.3. The number of carbonyl (C=O) groups excluding carboxylic acids is 2. The van der Waals surface area contributed by atoms with E-state index >= 15 is 0 Å². The van der Waals surface area contributed by atoms with E-state index in [1.165, 1.54) is 4.68 Å². The molecule has 8 heteroatoms. The Labute approximate surface area is 133 Å². The zero-order valence-corrected chi connectivity index (χ0v) is 13.2. The lowest BCUT2D eigenvalue weighted by Crippen LogP contribution is -2.25. The number of nitrogens with two attached hydrogens (primary N) is 1. The van der Waals surface area contributed by atoms with E-state index < -0.39 is 11.9 Å². The van der Waals surface area contributed by atoms with Crippen LogP contribution in [0.25, 0.3) is 0 Å². The van der Waals surface area contributed by atoms with Crippen LogP contribution >= 0.6 is 0 Å². The number of primary amides is 1. The van der Waals surface area contributed by atoms with Crippen molar-refractivity contribution in [2.75, 3.05) is 11.9 Å². The summed E-state index contributed by atoms with van der Waals surface area (Å²) in [6.45, 7) is 5.78. The van der Waals surface area contributed by atoms with Gasteiger partial charge in [0.25, 0.3) is 5.91 Å². The van der Waals surface area contributed by atoms with Gasteiger partial charge < -0.3 is 15.8 Å². The number of nitrogens with one attached hydrogen (secondary N) is 1. The van der Waals surface area contributed by atoms with E-state index in [-0.39, 0.29) is 11.6 Å². The molecule has 1 aromatic heterocycles. The van der Waals surface area contributed by atoms with E-state index in [4.69, 9.17) is 10.5 Å². The summed E-state index contributed by atoms with van der Waals surface area (Å²) in [6, 6.07) is 6.41. The van der Waals surface area contributed by atoms with Crippen molar-refractivity contribution in [2.45, 2.75) is 26.8 Å². The first kappa shape index (κ1) is 16.5. The van der Waals surface area contributed by atoms with Gasteiger partial charge >= 0.3 is 0 Å². The minimum absolute atomic E-state index is 0.0608.